The summed E-state index contributed by atoms with van der Waals surface area (Å²) in [5.41, 5.74) is 0. The van der Waals surface area contributed by atoms with Gasteiger partial charge in [0.25, 0.3) is 0 Å². The Kier molecular flexibility index (Phi) is 4.69. The van der Waals surface area contributed by atoms with Crippen LogP contribution in [0.3, 0.4) is 0 Å². The van der Waals surface area contributed by atoms with Crippen molar-refractivity contribution in [3.63, 3.8) is 0 Å². The number of rotatable bonds is 3. The van der Waals surface area contributed by atoms with Crippen LogP contribution in [-0.2, 0) is 14.8 Å². The Morgan fingerprint density at radius 2 is 1.73 bits per heavy atom. The molecule has 1 aromatic carbocycles. The fraction of sp³-hybridized carbons (Fsp3) is 0.538. The smallest absolute Gasteiger partial charge is 0.404 e. The standard InChI is InChI=1S/C13H16F3NO4S/c1-9-7-17(8-10(2)20-9)22(18,19)12-6-4-3-5-11(12)21-13(14,15)16/h3-6,9-10H,7-8H2,1-2H3. The summed E-state index contributed by atoms with van der Waals surface area (Å²) in [6.07, 6.45) is -5.64. The van der Waals surface area contributed by atoms with Gasteiger partial charge in [-0.3, -0.25) is 0 Å². The van der Waals surface area contributed by atoms with Crippen molar-refractivity contribution in [2.24, 2.45) is 0 Å². The molecule has 0 aliphatic carbocycles. The van der Waals surface area contributed by atoms with E-state index in [4.69, 9.17) is 4.74 Å². The molecule has 5 nitrogen and oxygen atoms in total. The molecule has 0 spiro atoms. The molecule has 0 amide bonds. The molecule has 9 heteroatoms. The predicted octanol–water partition coefficient (Wildman–Crippen LogP) is 2.38. The molecule has 0 saturated carbocycles. The summed E-state index contributed by atoms with van der Waals surface area (Å²) in [4.78, 5) is -0.506. The molecule has 22 heavy (non-hydrogen) atoms. The van der Waals surface area contributed by atoms with Gasteiger partial charge in [-0.05, 0) is 26.0 Å². The Balaban J connectivity index is 2.37. The zero-order valence-electron chi connectivity index (χ0n) is 12.0. The van der Waals surface area contributed by atoms with Crippen LogP contribution in [0.2, 0.25) is 0 Å². The van der Waals surface area contributed by atoms with Gasteiger partial charge >= 0.3 is 6.36 Å². The van der Waals surface area contributed by atoms with Gasteiger partial charge in [-0.15, -0.1) is 13.2 Å². The van der Waals surface area contributed by atoms with Crippen LogP contribution in [0.5, 0.6) is 5.75 Å². The van der Waals surface area contributed by atoms with E-state index in [1.54, 1.807) is 13.8 Å². The van der Waals surface area contributed by atoms with E-state index in [1.165, 1.54) is 12.1 Å². The van der Waals surface area contributed by atoms with Gasteiger partial charge in [0.2, 0.25) is 10.0 Å². The number of para-hydroxylation sites is 1. The topological polar surface area (TPSA) is 55.8 Å². The quantitative estimate of drug-likeness (QED) is 0.848. The van der Waals surface area contributed by atoms with Crippen molar-refractivity contribution >= 4 is 10.0 Å². The van der Waals surface area contributed by atoms with E-state index in [0.717, 1.165) is 16.4 Å². The summed E-state index contributed by atoms with van der Waals surface area (Å²) in [5.74, 6) is -0.734. The third kappa shape index (κ3) is 3.90. The molecule has 2 atom stereocenters. The number of benzene rings is 1. The first-order chi connectivity index (χ1) is 10.1. The monoisotopic (exact) mass is 339 g/mol. The highest BCUT2D eigenvalue weighted by molar-refractivity contribution is 7.89. The van der Waals surface area contributed by atoms with Crippen molar-refractivity contribution in [1.82, 2.24) is 4.31 Å². The minimum atomic E-state index is -4.96. The third-order valence-electron chi connectivity index (χ3n) is 3.08. The van der Waals surface area contributed by atoms with Crippen LogP contribution >= 0.6 is 0 Å². The molecule has 2 rings (SSSR count). The van der Waals surface area contributed by atoms with Crippen LogP contribution in [0.15, 0.2) is 29.2 Å². The lowest BCUT2D eigenvalue weighted by molar-refractivity contribution is -0.275. The van der Waals surface area contributed by atoms with Gasteiger partial charge in [0, 0.05) is 13.1 Å². The van der Waals surface area contributed by atoms with E-state index in [2.05, 4.69) is 4.74 Å². The molecule has 1 aliphatic heterocycles. The molecule has 0 aromatic heterocycles. The average Bonchev–Trinajstić information content (AvgIpc) is 2.36. The minimum absolute atomic E-state index is 0.0764. The molecule has 2 unspecified atom stereocenters. The molecule has 124 valence electrons. The van der Waals surface area contributed by atoms with Crippen LogP contribution in [0.1, 0.15) is 13.8 Å². The van der Waals surface area contributed by atoms with Gasteiger partial charge in [-0.2, -0.15) is 4.31 Å². The van der Waals surface area contributed by atoms with Crippen molar-refractivity contribution in [3.05, 3.63) is 24.3 Å². The Hall–Kier alpha value is -1.32. The second-order valence-corrected chi connectivity index (χ2v) is 6.98. The Labute approximate surface area is 126 Å². The number of nitrogens with zero attached hydrogens (tertiary/aromatic N) is 1. The molecule has 0 bridgehead atoms. The summed E-state index contributed by atoms with van der Waals surface area (Å²) in [6, 6.07) is 4.71. The number of alkyl halides is 3. The summed E-state index contributed by atoms with van der Waals surface area (Å²) in [6.45, 7) is 3.56. The first-order valence-electron chi connectivity index (χ1n) is 6.60. The van der Waals surface area contributed by atoms with Gasteiger partial charge in [0.15, 0.2) is 0 Å². The fourth-order valence-electron chi connectivity index (χ4n) is 2.34. The zero-order chi connectivity index (χ0) is 16.5. The van der Waals surface area contributed by atoms with Crippen molar-refractivity contribution < 1.29 is 31.1 Å². The number of sulfonamides is 1. The van der Waals surface area contributed by atoms with Gasteiger partial charge in [-0.25, -0.2) is 8.42 Å². The van der Waals surface area contributed by atoms with E-state index < -0.39 is 27.0 Å². The van der Waals surface area contributed by atoms with Crippen molar-refractivity contribution in [3.8, 4) is 5.75 Å². The van der Waals surface area contributed by atoms with Crippen molar-refractivity contribution in [1.29, 1.82) is 0 Å². The summed E-state index contributed by atoms with van der Waals surface area (Å²) >= 11 is 0. The molecule has 1 aromatic rings. The minimum Gasteiger partial charge on any atom is -0.404 e. The maximum absolute atomic E-state index is 12.6. The lowest BCUT2D eigenvalue weighted by atomic mass is 10.3. The zero-order valence-corrected chi connectivity index (χ0v) is 12.8. The molecule has 1 fully saturated rings. The average molecular weight is 339 g/mol. The third-order valence-corrected chi connectivity index (χ3v) is 4.95. The molecular formula is C13H16F3NO4S. The summed E-state index contributed by atoms with van der Waals surface area (Å²) in [7, 11) is -4.10. The summed E-state index contributed by atoms with van der Waals surface area (Å²) < 4.78 is 72.9. The number of morpholine rings is 1. The van der Waals surface area contributed by atoms with Gasteiger partial charge in [-0.1, -0.05) is 12.1 Å². The first-order valence-corrected chi connectivity index (χ1v) is 8.04. The Morgan fingerprint density at radius 3 is 2.27 bits per heavy atom. The lowest BCUT2D eigenvalue weighted by Crippen LogP contribution is -2.48. The lowest BCUT2D eigenvalue weighted by Gasteiger charge is -2.34. The number of ether oxygens (including phenoxy) is 2. The van der Waals surface area contributed by atoms with E-state index in [1.807, 2.05) is 0 Å². The highest BCUT2D eigenvalue weighted by Crippen LogP contribution is 2.32. The largest absolute Gasteiger partial charge is 0.573 e. The Bertz CT molecular complexity index is 622. The van der Waals surface area contributed by atoms with E-state index in [9.17, 15) is 21.6 Å². The van der Waals surface area contributed by atoms with Crippen LogP contribution in [0.25, 0.3) is 0 Å². The van der Waals surface area contributed by atoms with Crippen LogP contribution < -0.4 is 4.74 Å². The van der Waals surface area contributed by atoms with Crippen LogP contribution in [0, 0.1) is 0 Å². The number of halogens is 3. The van der Waals surface area contributed by atoms with Crippen molar-refractivity contribution in [2.45, 2.75) is 37.3 Å². The maximum Gasteiger partial charge on any atom is 0.573 e. The predicted molar refractivity (Wildman–Crippen MR) is 71.9 cm³/mol. The molecule has 1 saturated heterocycles. The van der Waals surface area contributed by atoms with E-state index >= 15 is 0 Å². The number of hydrogen-bond acceptors (Lipinski definition) is 4. The van der Waals surface area contributed by atoms with E-state index in [0.29, 0.717) is 0 Å². The fourth-order valence-corrected chi connectivity index (χ4v) is 4.04. The summed E-state index contributed by atoms with van der Waals surface area (Å²) in [5, 5.41) is 0. The van der Waals surface area contributed by atoms with Gasteiger partial charge in [0.1, 0.15) is 10.6 Å². The maximum atomic E-state index is 12.6. The second kappa shape index (κ2) is 6.05. The van der Waals surface area contributed by atoms with Crippen LogP contribution in [0.4, 0.5) is 13.2 Å². The second-order valence-electron chi connectivity index (χ2n) is 5.07. The van der Waals surface area contributed by atoms with Crippen molar-refractivity contribution in [2.75, 3.05) is 13.1 Å². The molecule has 0 N–H and O–H groups in total. The molecule has 0 radical (unpaired) electrons. The normalized spacial score (nSPS) is 24.2. The van der Waals surface area contributed by atoms with Gasteiger partial charge < -0.3 is 9.47 Å². The molecular weight excluding hydrogens is 323 g/mol. The van der Waals surface area contributed by atoms with Crippen LogP contribution in [-0.4, -0.2) is 44.4 Å². The van der Waals surface area contributed by atoms with E-state index in [-0.39, 0.29) is 25.3 Å². The molecule has 1 aliphatic rings. The number of hydrogen-bond donors (Lipinski definition) is 0. The highest BCUT2D eigenvalue weighted by atomic mass is 32.2. The SMILES string of the molecule is CC1CN(S(=O)(=O)c2ccccc2OC(F)(F)F)CC(C)O1. The van der Waals surface area contributed by atoms with Gasteiger partial charge in [0.05, 0.1) is 12.2 Å². The highest BCUT2D eigenvalue weighted by Gasteiger charge is 2.37. The first kappa shape index (κ1) is 17.0. The molecule has 1 heterocycles. The Morgan fingerprint density at radius 1 is 1.18 bits per heavy atom.